The van der Waals surface area contributed by atoms with Gasteiger partial charge in [-0.15, -0.1) is 6.42 Å². The summed E-state index contributed by atoms with van der Waals surface area (Å²) in [5.74, 6) is 2.49. The van der Waals surface area contributed by atoms with Crippen molar-refractivity contribution in [3.63, 3.8) is 0 Å². The fourth-order valence-corrected chi connectivity index (χ4v) is 1.08. The van der Waals surface area contributed by atoms with Crippen molar-refractivity contribution in [2.45, 2.75) is 13.5 Å². The van der Waals surface area contributed by atoms with Crippen molar-refractivity contribution in [3.05, 3.63) is 35.4 Å². The SMILES string of the molecule is C#CCNNCc1ccccc1C. The van der Waals surface area contributed by atoms with E-state index in [1.165, 1.54) is 11.1 Å². The average Bonchev–Trinajstić information content (AvgIpc) is 2.15. The van der Waals surface area contributed by atoms with Crippen molar-refractivity contribution in [1.29, 1.82) is 0 Å². The molecular formula is C11H14N2. The van der Waals surface area contributed by atoms with Gasteiger partial charge in [0.25, 0.3) is 0 Å². The number of benzene rings is 1. The molecule has 1 aromatic carbocycles. The van der Waals surface area contributed by atoms with Crippen LogP contribution >= 0.6 is 0 Å². The van der Waals surface area contributed by atoms with Gasteiger partial charge < -0.3 is 0 Å². The highest BCUT2D eigenvalue weighted by molar-refractivity contribution is 5.25. The number of nitrogens with one attached hydrogen (secondary N) is 2. The van der Waals surface area contributed by atoms with Crippen LogP contribution in [-0.2, 0) is 6.54 Å². The van der Waals surface area contributed by atoms with Crippen molar-refractivity contribution in [2.24, 2.45) is 0 Å². The zero-order valence-electron chi connectivity index (χ0n) is 7.80. The van der Waals surface area contributed by atoms with Gasteiger partial charge in [0.2, 0.25) is 0 Å². The lowest BCUT2D eigenvalue weighted by Crippen LogP contribution is -2.31. The molecule has 0 fully saturated rings. The molecule has 0 spiro atoms. The van der Waals surface area contributed by atoms with Crippen LogP contribution in [0.25, 0.3) is 0 Å². The number of hydrogen-bond acceptors (Lipinski definition) is 2. The Morgan fingerprint density at radius 1 is 1.31 bits per heavy atom. The third-order valence-corrected chi connectivity index (χ3v) is 1.86. The second-order valence-corrected chi connectivity index (χ2v) is 2.84. The van der Waals surface area contributed by atoms with Gasteiger partial charge in [-0.3, -0.25) is 5.43 Å². The van der Waals surface area contributed by atoms with E-state index < -0.39 is 0 Å². The summed E-state index contributed by atoms with van der Waals surface area (Å²) in [7, 11) is 0. The highest BCUT2D eigenvalue weighted by Gasteiger charge is 1.94. The van der Waals surface area contributed by atoms with Crippen molar-refractivity contribution in [2.75, 3.05) is 6.54 Å². The van der Waals surface area contributed by atoms with Crippen molar-refractivity contribution in [1.82, 2.24) is 10.9 Å². The first kappa shape index (κ1) is 9.79. The van der Waals surface area contributed by atoms with E-state index in [0.29, 0.717) is 6.54 Å². The number of hydrogen-bond donors (Lipinski definition) is 2. The van der Waals surface area contributed by atoms with Gasteiger partial charge >= 0.3 is 0 Å². The summed E-state index contributed by atoms with van der Waals surface area (Å²) in [6.07, 6.45) is 5.09. The molecule has 0 amide bonds. The van der Waals surface area contributed by atoms with Crippen LogP contribution in [0.3, 0.4) is 0 Å². The maximum atomic E-state index is 5.09. The minimum Gasteiger partial charge on any atom is -0.253 e. The number of aryl methyl sites for hydroxylation is 1. The molecule has 0 saturated heterocycles. The molecule has 0 aliphatic rings. The molecule has 0 atom stereocenters. The Labute approximate surface area is 79.3 Å². The van der Waals surface area contributed by atoms with Gasteiger partial charge in [-0.1, -0.05) is 30.2 Å². The van der Waals surface area contributed by atoms with E-state index in [4.69, 9.17) is 6.42 Å². The molecule has 2 heteroatoms. The van der Waals surface area contributed by atoms with Crippen molar-refractivity contribution in [3.8, 4) is 12.3 Å². The Morgan fingerprint density at radius 2 is 2.08 bits per heavy atom. The Kier molecular flexibility index (Phi) is 4.04. The predicted octanol–water partition coefficient (Wildman–Crippen LogP) is 1.22. The molecule has 0 bridgehead atoms. The molecule has 0 saturated carbocycles. The summed E-state index contributed by atoms with van der Waals surface area (Å²) in [5.41, 5.74) is 8.55. The topological polar surface area (TPSA) is 24.1 Å². The first-order chi connectivity index (χ1) is 6.34. The Balaban J connectivity index is 2.37. The van der Waals surface area contributed by atoms with E-state index in [1.807, 2.05) is 12.1 Å². The standard InChI is InChI=1S/C11H14N2/c1-3-8-12-13-9-11-7-5-4-6-10(11)2/h1,4-7,12-13H,8-9H2,2H3. The maximum Gasteiger partial charge on any atom is 0.0709 e. The Hall–Kier alpha value is -1.30. The zero-order valence-corrected chi connectivity index (χ0v) is 7.80. The molecule has 2 N–H and O–H groups in total. The third-order valence-electron chi connectivity index (χ3n) is 1.86. The number of hydrazine groups is 1. The first-order valence-electron chi connectivity index (χ1n) is 4.28. The van der Waals surface area contributed by atoms with Crippen LogP contribution in [0.4, 0.5) is 0 Å². The third kappa shape index (κ3) is 3.29. The van der Waals surface area contributed by atoms with Crippen molar-refractivity contribution >= 4 is 0 Å². The lowest BCUT2D eigenvalue weighted by molar-refractivity contribution is 0.570. The molecule has 2 nitrogen and oxygen atoms in total. The largest absolute Gasteiger partial charge is 0.253 e. The fraction of sp³-hybridized carbons (Fsp3) is 0.273. The maximum absolute atomic E-state index is 5.09. The van der Waals surface area contributed by atoms with E-state index in [2.05, 4.69) is 35.8 Å². The van der Waals surface area contributed by atoms with Crippen LogP contribution in [0.2, 0.25) is 0 Å². The number of terminal acetylenes is 1. The quantitative estimate of drug-likeness (QED) is 0.407. The van der Waals surface area contributed by atoms with E-state index in [0.717, 1.165) is 6.54 Å². The highest BCUT2D eigenvalue weighted by atomic mass is 15.3. The van der Waals surface area contributed by atoms with Gasteiger partial charge in [0.05, 0.1) is 6.54 Å². The lowest BCUT2D eigenvalue weighted by Gasteiger charge is -2.06. The van der Waals surface area contributed by atoms with E-state index in [1.54, 1.807) is 0 Å². The highest BCUT2D eigenvalue weighted by Crippen LogP contribution is 2.05. The van der Waals surface area contributed by atoms with Crippen LogP contribution < -0.4 is 10.9 Å². The summed E-state index contributed by atoms with van der Waals surface area (Å²) in [4.78, 5) is 0. The van der Waals surface area contributed by atoms with E-state index in [9.17, 15) is 0 Å². The fourth-order valence-electron chi connectivity index (χ4n) is 1.08. The molecule has 0 aliphatic heterocycles. The molecule has 0 aromatic heterocycles. The molecule has 1 aromatic rings. The van der Waals surface area contributed by atoms with Crippen LogP contribution in [0, 0.1) is 19.3 Å². The van der Waals surface area contributed by atoms with Gasteiger partial charge in [0.15, 0.2) is 0 Å². The summed E-state index contributed by atoms with van der Waals surface area (Å²) in [6.45, 7) is 3.44. The molecule has 1 rings (SSSR count). The van der Waals surface area contributed by atoms with Gasteiger partial charge in [-0.25, -0.2) is 5.43 Å². The first-order valence-corrected chi connectivity index (χ1v) is 4.28. The predicted molar refractivity (Wildman–Crippen MR) is 54.9 cm³/mol. The monoisotopic (exact) mass is 174 g/mol. The second-order valence-electron chi connectivity index (χ2n) is 2.84. The minimum absolute atomic E-state index is 0.548. The second kappa shape index (κ2) is 5.36. The minimum atomic E-state index is 0.548. The lowest BCUT2D eigenvalue weighted by atomic mass is 10.1. The van der Waals surface area contributed by atoms with Gasteiger partial charge in [0.1, 0.15) is 0 Å². The van der Waals surface area contributed by atoms with E-state index >= 15 is 0 Å². The number of rotatable bonds is 4. The Morgan fingerprint density at radius 3 is 2.77 bits per heavy atom. The molecule has 13 heavy (non-hydrogen) atoms. The van der Waals surface area contributed by atoms with Crippen LogP contribution in [0.1, 0.15) is 11.1 Å². The molecule has 0 aliphatic carbocycles. The normalized spacial score (nSPS) is 9.54. The van der Waals surface area contributed by atoms with Gasteiger partial charge in [0, 0.05) is 6.54 Å². The van der Waals surface area contributed by atoms with Crippen LogP contribution in [0.5, 0.6) is 0 Å². The average molecular weight is 174 g/mol. The summed E-state index contributed by atoms with van der Waals surface area (Å²) in [6, 6.07) is 8.26. The molecule has 68 valence electrons. The van der Waals surface area contributed by atoms with E-state index in [-0.39, 0.29) is 0 Å². The molecule has 0 unspecified atom stereocenters. The zero-order chi connectivity index (χ0) is 9.52. The van der Waals surface area contributed by atoms with Crippen LogP contribution in [0.15, 0.2) is 24.3 Å². The summed E-state index contributed by atoms with van der Waals surface area (Å²) in [5, 5.41) is 0. The van der Waals surface area contributed by atoms with Gasteiger partial charge in [-0.2, -0.15) is 0 Å². The molecule has 0 heterocycles. The van der Waals surface area contributed by atoms with Crippen LogP contribution in [-0.4, -0.2) is 6.54 Å². The Bertz CT molecular complexity index is 299. The smallest absolute Gasteiger partial charge is 0.0709 e. The van der Waals surface area contributed by atoms with Gasteiger partial charge in [-0.05, 0) is 18.1 Å². The summed E-state index contributed by atoms with van der Waals surface area (Å²) >= 11 is 0. The van der Waals surface area contributed by atoms with Crippen molar-refractivity contribution < 1.29 is 0 Å². The molecule has 0 radical (unpaired) electrons. The molecular weight excluding hydrogens is 160 g/mol. The summed E-state index contributed by atoms with van der Waals surface area (Å²) < 4.78 is 0.